The summed E-state index contributed by atoms with van der Waals surface area (Å²) in [5.74, 6) is -1.34. The van der Waals surface area contributed by atoms with E-state index in [0.717, 1.165) is 16.7 Å². The van der Waals surface area contributed by atoms with Crippen LogP contribution in [0.5, 0.6) is 0 Å². The molecule has 1 rings (SSSR count). The number of hydrogen-bond donors (Lipinski definition) is 1. The minimum atomic E-state index is -4.17. The molecule has 0 aliphatic carbocycles. The molecule has 0 radical (unpaired) electrons. The maximum absolute atomic E-state index is 12.7. The molecule has 0 aliphatic heterocycles. The Morgan fingerprint density at radius 2 is 1.65 bits per heavy atom. The van der Waals surface area contributed by atoms with Crippen molar-refractivity contribution in [1.82, 2.24) is 0 Å². The van der Waals surface area contributed by atoms with Gasteiger partial charge in [0, 0.05) is 0 Å². The number of hydrogen-bond acceptors (Lipinski definition) is 1. The smallest absolute Gasteiger partial charge is 0.330 e. The first kappa shape index (κ1) is 14.0. The van der Waals surface area contributed by atoms with E-state index >= 15 is 0 Å². The highest BCUT2D eigenvalue weighted by atomic mass is 19.4. The summed E-state index contributed by atoms with van der Waals surface area (Å²) in [6, 6.07) is 5.57. The highest BCUT2D eigenvalue weighted by molar-refractivity contribution is 5.28. The van der Waals surface area contributed by atoms with Gasteiger partial charge >= 0.3 is 6.18 Å². The van der Waals surface area contributed by atoms with Crippen LogP contribution in [0.25, 0.3) is 0 Å². The summed E-state index contributed by atoms with van der Waals surface area (Å²) in [5, 5.41) is 0. The first-order valence-electron chi connectivity index (χ1n) is 5.67. The number of alkyl halides is 3. The summed E-state index contributed by atoms with van der Waals surface area (Å²) >= 11 is 0. The quantitative estimate of drug-likeness (QED) is 0.864. The zero-order valence-corrected chi connectivity index (χ0v) is 10.1. The van der Waals surface area contributed by atoms with E-state index in [-0.39, 0.29) is 19.4 Å². The van der Waals surface area contributed by atoms with Crippen LogP contribution in [0.4, 0.5) is 13.2 Å². The van der Waals surface area contributed by atoms with Crippen molar-refractivity contribution in [2.45, 2.75) is 32.9 Å². The largest absolute Gasteiger partial charge is 0.392 e. The molecular weight excluding hydrogens is 227 g/mol. The standard InChI is InChI=1S/C13H18F3N/c1-9-5-10(2)7-11(6-9)8-12(3-4-17)13(14,15)16/h5-7,12H,3-4,8,17H2,1-2H3. The van der Waals surface area contributed by atoms with Gasteiger partial charge in [-0.25, -0.2) is 0 Å². The first-order valence-corrected chi connectivity index (χ1v) is 5.67. The van der Waals surface area contributed by atoms with Gasteiger partial charge < -0.3 is 5.73 Å². The second kappa shape index (κ2) is 5.54. The van der Waals surface area contributed by atoms with Crippen molar-refractivity contribution in [3.8, 4) is 0 Å². The second-order valence-corrected chi connectivity index (χ2v) is 4.52. The molecule has 0 aromatic heterocycles. The summed E-state index contributed by atoms with van der Waals surface area (Å²) in [6.45, 7) is 3.85. The van der Waals surface area contributed by atoms with Gasteiger partial charge in [0.1, 0.15) is 0 Å². The zero-order valence-electron chi connectivity index (χ0n) is 10.1. The minimum Gasteiger partial charge on any atom is -0.330 e. The molecule has 17 heavy (non-hydrogen) atoms. The summed E-state index contributed by atoms with van der Waals surface area (Å²) in [4.78, 5) is 0. The van der Waals surface area contributed by atoms with Gasteiger partial charge in [0.05, 0.1) is 5.92 Å². The first-order chi connectivity index (χ1) is 7.82. The lowest BCUT2D eigenvalue weighted by Gasteiger charge is -2.20. The van der Waals surface area contributed by atoms with Crippen molar-refractivity contribution in [2.75, 3.05) is 6.54 Å². The molecule has 0 bridgehead atoms. The highest BCUT2D eigenvalue weighted by Crippen LogP contribution is 2.31. The van der Waals surface area contributed by atoms with Gasteiger partial charge in [-0.3, -0.25) is 0 Å². The number of halogens is 3. The Morgan fingerprint density at radius 3 is 2.06 bits per heavy atom. The van der Waals surface area contributed by atoms with Crippen molar-refractivity contribution in [3.05, 3.63) is 34.9 Å². The number of benzene rings is 1. The Labute approximate surface area is 99.8 Å². The Hall–Kier alpha value is -1.03. The molecule has 0 heterocycles. The van der Waals surface area contributed by atoms with Crippen LogP contribution >= 0.6 is 0 Å². The molecular formula is C13H18F3N. The van der Waals surface area contributed by atoms with E-state index in [4.69, 9.17) is 5.73 Å². The van der Waals surface area contributed by atoms with Crippen LogP contribution in [0.2, 0.25) is 0 Å². The predicted molar refractivity (Wildman–Crippen MR) is 62.8 cm³/mol. The molecule has 1 nitrogen and oxygen atoms in total. The van der Waals surface area contributed by atoms with Crippen LogP contribution in [-0.4, -0.2) is 12.7 Å². The molecule has 0 saturated heterocycles. The highest BCUT2D eigenvalue weighted by Gasteiger charge is 2.38. The van der Waals surface area contributed by atoms with Crippen LogP contribution < -0.4 is 5.73 Å². The number of rotatable bonds is 4. The van der Waals surface area contributed by atoms with Crippen molar-refractivity contribution < 1.29 is 13.2 Å². The molecule has 1 aromatic carbocycles. The van der Waals surface area contributed by atoms with Crippen LogP contribution in [0.15, 0.2) is 18.2 Å². The average Bonchev–Trinajstić information content (AvgIpc) is 2.13. The molecule has 0 spiro atoms. The lowest BCUT2D eigenvalue weighted by atomic mass is 9.94. The van der Waals surface area contributed by atoms with Crippen LogP contribution in [0, 0.1) is 19.8 Å². The summed E-state index contributed by atoms with van der Waals surface area (Å²) in [6.07, 6.45) is -4.17. The van der Waals surface area contributed by atoms with Crippen molar-refractivity contribution >= 4 is 0 Å². The fourth-order valence-electron chi connectivity index (χ4n) is 2.05. The van der Waals surface area contributed by atoms with Crippen molar-refractivity contribution in [3.63, 3.8) is 0 Å². The van der Waals surface area contributed by atoms with E-state index in [2.05, 4.69) is 0 Å². The Kier molecular flexibility index (Phi) is 4.57. The van der Waals surface area contributed by atoms with Gasteiger partial charge in [0.15, 0.2) is 0 Å². The van der Waals surface area contributed by atoms with Gasteiger partial charge in [-0.1, -0.05) is 29.3 Å². The number of nitrogens with two attached hydrogens (primary N) is 1. The lowest BCUT2D eigenvalue weighted by molar-refractivity contribution is -0.175. The number of aryl methyl sites for hydroxylation is 2. The molecule has 0 fully saturated rings. The normalized spacial score (nSPS) is 13.8. The van der Waals surface area contributed by atoms with E-state index in [9.17, 15) is 13.2 Å². The van der Waals surface area contributed by atoms with Gasteiger partial charge in [-0.2, -0.15) is 13.2 Å². The Balaban J connectivity index is 2.86. The Morgan fingerprint density at radius 1 is 1.12 bits per heavy atom. The summed E-state index contributed by atoms with van der Waals surface area (Å²) in [5.41, 5.74) is 7.96. The third kappa shape index (κ3) is 4.38. The minimum absolute atomic E-state index is 0.0171. The van der Waals surface area contributed by atoms with E-state index < -0.39 is 12.1 Å². The van der Waals surface area contributed by atoms with Crippen LogP contribution in [-0.2, 0) is 6.42 Å². The second-order valence-electron chi connectivity index (χ2n) is 4.52. The van der Waals surface area contributed by atoms with Gasteiger partial charge in [0.2, 0.25) is 0 Å². The van der Waals surface area contributed by atoms with Crippen LogP contribution in [0.3, 0.4) is 0 Å². The van der Waals surface area contributed by atoms with E-state index in [1.165, 1.54) is 0 Å². The molecule has 0 saturated carbocycles. The van der Waals surface area contributed by atoms with Crippen molar-refractivity contribution in [2.24, 2.45) is 11.7 Å². The van der Waals surface area contributed by atoms with E-state index in [1.807, 2.05) is 32.0 Å². The molecule has 0 amide bonds. The lowest BCUT2D eigenvalue weighted by Crippen LogP contribution is -2.27. The summed E-state index contributed by atoms with van der Waals surface area (Å²) in [7, 11) is 0. The average molecular weight is 245 g/mol. The SMILES string of the molecule is Cc1cc(C)cc(CC(CCN)C(F)(F)F)c1. The topological polar surface area (TPSA) is 26.0 Å². The molecule has 0 aliphatic rings. The van der Waals surface area contributed by atoms with Gasteiger partial charge in [-0.05, 0) is 38.8 Å². The molecule has 1 aromatic rings. The summed E-state index contributed by atoms with van der Waals surface area (Å²) < 4.78 is 38.2. The zero-order chi connectivity index (χ0) is 13.1. The third-order valence-corrected chi connectivity index (χ3v) is 2.74. The fraction of sp³-hybridized carbons (Fsp3) is 0.538. The molecule has 2 N–H and O–H groups in total. The van der Waals surface area contributed by atoms with E-state index in [1.54, 1.807) is 0 Å². The molecule has 4 heteroatoms. The van der Waals surface area contributed by atoms with Gasteiger partial charge in [0.25, 0.3) is 0 Å². The molecule has 96 valence electrons. The molecule has 1 unspecified atom stereocenters. The fourth-order valence-corrected chi connectivity index (χ4v) is 2.05. The monoisotopic (exact) mass is 245 g/mol. The Bertz CT molecular complexity index is 351. The van der Waals surface area contributed by atoms with Crippen LogP contribution in [0.1, 0.15) is 23.1 Å². The van der Waals surface area contributed by atoms with Crippen molar-refractivity contribution in [1.29, 1.82) is 0 Å². The maximum Gasteiger partial charge on any atom is 0.392 e. The van der Waals surface area contributed by atoms with E-state index in [0.29, 0.717) is 0 Å². The van der Waals surface area contributed by atoms with Gasteiger partial charge in [-0.15, -0.1) is 0 Å². The predicted octanol–water partition coefficient (Wildman–Crippen LogP) is 3.37. The third-order valence-electron chi connectivity index (χ3n) is 2.74. The molecule has 1 atom stereocenters. The maximum atomic E-state index is 12.7.